The summed E-state index contributed by atoms with van der Waals surface area (Å²) >= 11 is 0. The van der Waals surface area contributed by atoms with Crippen molar-refractivity contribution in [1.82, 2.24) is 10.6 Å². The molecule has 4 rings (SSSR count). The SMILES string of the molecule is O=C(NC1CCc2cc(F)ccc21)NC(c1ccccc1)c1ccccc1. The molecule has 0 bridgehead atoms. The van der Waals surface area contributed by atoms with Crippen molar-refractivity contribution in [2.45, 2.75) is 24.9 Å². The average molecular weight is 360 g/mol. The van der Waals surface area contributed by atoms with Gasteiger partial charge in [0.2, 0.25) is 0 Å². The topological polar surface area (TPSA) is 41.1 Å². The van der Waals surface area contributed by atoms with Gasteiger partial charge in [0.25, 0.3) is 0 Å². The van der Waals surface area contributed by atoms with E-state index in [1.165, 1.54) is 6.07 Å². The van der Waals surface area contributed by atoms with Gasteiger partial charge in [-0.15, -0.1) is 0 Å². The Bertz CT molecular complexity index is 888. The number of urea groups is 1. The van der Waals surface area contributed by atoms with Crippen LogP contribution in [0.25, 0.3) is 0 Å². The minimum absolute atomic E-state index is 0.0900. The molecule has 0 fully saturated rings. The number of halogens is 1. The summed E-state index contributed by atoms with van der Waals surface area (Å²) in [5.41, 5.74) is 4.02. The fraction of sp³-hybridized carbons (Fsp3) is 0.174. The van der Waals surface area contributed by atoms with Crippen molar-refractivity contribution in [1.29, 1.82) is 0 Å². The maximum atomic E-state index is 13.4. The number of benzene rings is 3. The van der Waals surface area contributed by atoms with Gasteiger partial charge < -0.3 is 10.6 Å². The number of hydrogen-bond acceptors (Lipinski definition) is 1. The Morgan fingerprint density at radius 2 is 1.56 bits per heavy atom. The van der Waals surface area contributed by atoms with Crippen LogP contribution in [-0.4, -0.2) is 6.03 Å². The van der Waals surface area contributed by atoms with Gasteiger partial charge in [0.1, 0.15) is 5.82 Å². The van der Waals surface area contributed by atoms with Crippen molar-refractivity contribution < 1.29 is 9.18 Å². The zero-order valence-electron chi connectivity index (χ0n) is 14.9. The minimum Gasteiger partial charge on any atom is -0.331 e. The number of carbonyl (C=O) groups excluding carboxylic acids is 1. The molecule has 0 aromatic heterocycles. The molecule has 27 heavy (non-hydrogen) atoms. The number of fused-ring (bicyclic) bond motifs is 1. The van der Waals surface area contributed by atoms with E-state index >= 15 is 0 Å². The summed E-state index contributed by atoms with van der Waals surface area (Å²) < 4.78 is 13.4. The number of hydrogen-bond donors (Lipinski definition) is 2. The van der Waals surface area contributed by atoms with Crippen LogP contribution in [-0.2, 0) is 6.42 Å². The summed E-state index contributed by atoms with van der Waals surface area (Å²) in [5.74, 6) is -0.230. The standard InChI is InChI=1S/C23H21FN2O/c24-19-12-13-20-18(15-19)11-14-21(20)25-23(27)26-22(16-7-3-1-4-8-16)17-9-5-2-6-10-17/h1-10,12-13,15,21-22H,11,14H2,(H2,25,26,27). The van der Waals surface area contributed by atoms with Gasteiger partial charge >= 0.3 is 6.03 Å². The predicted molar refractivity (Wildman–Crippen MR) is 104 cm³/mol. The number of aryl methyl sites for hydroxylation is 1. The summed E-state index contributed by atoms with van der Waals surface area (Å²) in [4.78, 5) is 12.7. The Labute approximate surface area is 158 Å². The Balaban J connectivity index is 1.52. The van der Waals surface area contributed by atoms with Crippen LogP contribution >= 0.6 is 0 Å². The third kappa shape index (κ3) is 3.85. The van der Waals surface area contributed by atoms with Crippen LogP contribution < -0.4 is 10.6 Å². The zero-order chi connectivity index (χ0) is 18.6. The maximum absolute atomic E-state index is 13.4. The first-order valence-corrected chi connectivity index (χ1v) is 9.16. The first-order valence-electron chi connectivity index (χ1n) is 9.16. The first kappa shape index (κ1) is 17.3. The number of rotatable bonds is 4. The van der Waals surface area contributed by atoms with Crippen molar-refractivity contribution >= 4 is 6.03 Å². The highest BCUT2D eigenvalue weighted by atomic mass is 19.1. The molecule has 4 heteroatoms. The zero-order valence-corrected chi connectivity index (χ0v) is 14.9. The molecule has 3 aromatic carbocycles. The Kier molecular flexibility index (Phi) is 4.88. The van der Waals surface area contributed by atoms with Gasteiger partial charge in [-0.2, -0.15) is 0 Å². The van der Waals surface area contributed by atoms with Gasteiger partial charge in [0, 0.05) is 0 Å². The smallest absolute Gasteiger partial charge is 0.316 e. The van der Waals surface area contributed by atoms with E-state index in [0.717, 1.165) is 35.1 Å². The lowest BCUT2D eigenvalue weighted by Crippen LogP contribution is -2.39. The molecule has 2 amide bonds. The normalized spacial score (nSPS) is 15.4. The maximum Gasteiger partial charge on any atom is 0.316 e. The molecule has 0 heterocycles. The van der Waals surface area contributed by atoms with Crippen molar-refractivity contribution in [3.8, 4) is 0 Å². The summed E-state index contributed by atoms with van der Waals surface area (Å²) in [5, 5.41) is 6.15. The van der Waals surface area contributed by atoms with Gasteiger partial charge in [-0.3, -0.25) is 0 Å². The second-order valence-corrected chi connectivity index (χ2v) is 6.81. The predicted octanol–water partition coefficient (Wildman–Crippen LogP) is 4.90. The number of nitrogens with one attached hydrogen (secondary N) is 2. The van der Waals surface area contributed by atoms with E-state index in [1.54, 1.807) is 12.1 Å². The molecule has 0 radical (unpaired) electrons. The molecular weight excluding hydrogens is 339 g/mol. The van der Waals surface area contributed by atoms with Crippen LogP contribution in [0.5, 0.6) is 0 Å². The average Bonchev–Trinajstić information content (AvgIpc) is 3.09. The number of amides is 2. The third-order valence-corrected chi connectivity index (χ3v) is 5.03. The van der Waals surface area contributed by atoms with Crippen molar-refractivity contribution in [3.63, 3.8) is 0 Å². The summed E-state index contributed by atoms with van der Waals surface area (Å²) in [7, 11) is 0. The summed E-state index contributed by atoms with van der Waals surface area (Å²) in [6, 6.07) is 24.0. The fourth-order valence-corrected chi connectivity index (χ4v) is 3.72. The first-order chi connectivity index (χ1) is 13.2. The summed E-state index contributed by atoms with van der Waals surface area (Å²) in [6.45, 7) is 0. The van der Waals surface area contributed by atoms with E-state index in [1.807, 2.05) is 60.7 Å². The highest BCUT2D eigenvalue weighted by Crippen LogP contribution is 2.31. The molecule has 0 aliphatic heterocycles. The number of carbonyl (C=O) groups is 1. The molecule has 1 atom stereocenters. The van der Waals surface area contributed by atoms with Crippen molar-refractivity contribution in [2.75, 3.05) is 0 Å². The molecule has 0 saturated heterocycles. The lowest BCUT2D eigenvalue weighted by molar-refractivity contribution is 0.235. The molecule has 1 aliphatic rings. The highest BCUT2D eigenvalue weighted by molar-refractivity contribution is 5.76. The Hall–Kier alpha value is -3.14. The van der Waals surface area contributed by atoms with Crippen LogP contribution in [0.1, 0.15) is 40.8 Å². The fourth-order valence-electron chi connectivity index (χ4n) is 3.72. The molecule has 3 aromatic rings. The minimum atomic E-state index is -0.235. The molecule has 0 saturated carbocycles. The molecule has 0 spiro atoms. The molecule has 136 valence electrons. The van der Waals surface area contributed by atoms with Gasteiger partial charge in [0.15, 0.2) is 0 Å². The molecule has 3 nitrogen and oxygen atoms in total. The largest absolute Gasteiger partial charge is 0.331 e. The second-order valence-electron chi connectivity index (χ2n) is 6.81. The highest BCUT2D eigenvalue weighted by Gasteiger charge is 2.25. The summed E-state index contributed by atoms with van der Waals surface area (Å²) in [6.07, 6.45) is 1.56. The van der Waals surface area contributed by atoms with Crippen LogP contribution in [0.4, 0.5) is 9.18 Å². The Morgan fingerprint density at radius 3 is 2.19 bits per heavy atom. The van der Waals surface area contributed by atoms with E-state index < -0.39 is 0 Å². The van der Waals surface area contributed by atoms with Gasteiger partial charge in [-0.05, 0) is 47.2 Å². The molecule has 1 aliphatic carbocycles. The molecule has 1 unspecified atom stereocenters. The van der Waals surface area contributed by atoms with E-state index in [4.69, 9.17) is 0 Å². The lowest BCUT2D eigenvalue weighted by Gasteiger charge is -2.22. The second kappa shape index (κ2) is 7.62. The van der Waals surface area contributed by atoms with E-state index in [2.05, 4.69) is 10.6 Å². The lowest BCUT2D eigenvalue weighted by atomic mass is 9.99. The van der Waals surface area contributed by atoms with Gasteiger partial charge in [-0.1, -0.05) is 66.7 Å². The van der Waals surface area contributed by atoms with Crippen molar-refractivity contribution in [3.05, 3.63) is 107 Å². The van der Waals surface area contributed by atoms with Crippen molar-refractivity contribution in [2.24, 2.45) is 0 Å². The van der Waals surface area contributed by atoms with E-state index in [9.17, 15) is 9.18 Å². The van der Waals surface area contributed by atoms with Crippen LogP contribution in [0.15, 0.2) is 78.9 Å². The van der Waals surface area contributed by atoms with E-state index in [-0.39, 0.29) is 23.9 Å². The van der Waals surface area contributed by atoms with Crippen LogP contribution in [0.3, 0.4) is 0 Å². The Morgan fingerprint density at radius 1 is 0.926 bits per heavy atom. The monoisotopic (exact) mass is 360 g/mol. The van der Waals surface area contributed by atoms with Crippen LogP contribution in [0, 0.1) is 5.82 Å². The molecular formula is C23H21FN2O. The van der Waals surface area contributed by atoms with Gasteiger partial charge in [0.05, 0.1) is 12.1 Å². The van der Waals surface area contributed by atoms with Gasteiger partial charge in [-0.25, -0.2) is 9.18 Å². The van der Waals surface area contributed by atoms with Crippen LogP contribution in [0.2, 0.25) is 0 Å². The quantitative estimate of drug-likeness (QED) is 0.682. The van der Waals surface area contributed by atoms with E-state index in [0.29, 0.717) is 0 Å². The third-order valence-electron chi connectivity index (χ3n) is 5.03. The molecule has 2 N–H and O–H groups in total.